The highest BCUT2D eigenvalue weighted by Gasteiger charge is 2.24. The van der Waals surface area contributed by atoms with Crippen LogP contribution in [0.3, 0.4) is 0 Å². The smallest absolute Gasteiger partial charge is 0.423 e. The zero-order chi connectivity index (χ0) is 13.3. The molecule has 6 heteroatoms. The fraction of sp³-hybridized carbons (Fsp3) is 0.583. The molecule has 1 aliphatic heterocycles. The first-order valence-electron chi connectivity index (χ1n) is 6.21. The minimum atomic E-state index is -1.46. The Morgan fingerprint density at radius 2 is 1.89 bits per heavy atom. The summed E-state index contributed by atoms with van der Waals surface area (Å²) in [6.45, 7) is 7.48. The summed E-state index contributed by atoms with van der Waals surface area (Å²) in [5.41, 5.74) is 1.10. The largest absolute Gasteiger partial charge is 0.490 e. The van der Waals surface area contributed by atoms with Gasteiger partial charge < -0.3 is 19.7 Å². The Kier molecular flexibility index (Phi) is 3.89. The van der Waals surface area contributed by atoms with Crippen molar-refractivity contribution < 1.29 is 14.8 Å². The van der Waals surface area contributed by atoms with E-state index in [9.17, 15) is 10.0 Å². The van der Waals surface area contributed by atoms with Crippen LogP contribution in [0.25, 0.3) is 0 Å². The number of rotatable bonds is 2. The predicted molar refractivity (Wildman–Crippen MR) is 71.0 cm³/mol. The van der Waals surface area contributed by atoms with Crippen LogP contribution in [0.15, 0.2) is 12.1 Å². The van der Waals surface area contributed by atoms with Crippen LogP contribution in [0.4, 0.5) is 5.82 Å². The number of aryl methyl sites for hydroxylation is 1. The Labute approximate surface area is 108 Å². The Balaban J connectivity index is 2.21. The molecule has 0 bridgehead atoms. The molecule has 0 spiro atoms. The highest BCUT2D eigenvalue weighted by Crippen LogP contribution is 2.17. The molecule has 0 saturated carbocycles. The molecule has 1 aliphatic rings. The van der Waals surface area contributed by atoms with Crippen LogP contribution < -0.4 is 10.4 Å². The van der Waals surface area contributed by atoms with Crippen LogP contribution in [0, 0.1) is 6.92 Å². The van der Waals surface area contributed by atoms with E-state index in [1.807, 2.05) is 19.9 Å². The molecule has 0 aromatic carbocycles. The molecular formula is C12H19BN2O3. The molecule has 5 nitrogen and oxygen atoms in total. The van der Waals surface area contributed by atoms with Gasteiger partial charge in [0.1, 0.15) is 5.82 Å². The van der Waals surface area contributed by atoms with E-state index in [2.05, 4.69) is 9.88 Å². The first-order chi connectivity index (χ1) is 8.47. The molecule has 2 atom stereocenters. The van der Waals surface area contributed by atoms with Gasteiger partial charge in [-0.05, 0) is 26.8 Å². The van der Waals surface area contributed by atoms with Gasteiger partial charge in [-0.15, -0.1) is 0 Å². The number of ether oxygens (including phenoxy) is 1. The van der Waals surface area contributed by atoms with E-state index in [4.69, 9.17) is 4.74 Å². The van der Waals surface area contributed by atoms with Crippen molar-refractivity contribution in [1.29, 1.82) is 0 Å². The number of aromatic nitrogens is 1. The SMILES string of the molecule is Cc1nc(N2C[C@@H](C)O[C@@H](C)C2)ccc1B(O)O. The lowest BCUT2D eigenvalue weighted by molar-refractivity contribution is -0.00546. The lowest BCUT2D eigenvalue weighted by atomic mass is 9.79. The Bertz CT molecular complexity index is 418. The molecule has 2 N–H and O–H groups in total. The van der Waals surface area contributed by atoms with Crippen LogP contribution in [0.2, 0.25) is 0 Å². The van der Waals surface area contributed by atoms with Gasteiger partial charge in [0, 0.05) is 24.2 Å². The van der Waals surface area contributed by atoms with Crippen molar-refractivity contribution in [2.24, 2.45) is 0 Å². The summed E-state index contributed by atoms with van der Waals surface area (Å²) in [4.78, 5) is 6.60. The minimum Gasteiger partial charge on any atom is -0.423 e. The lowest BCUT2D eigenvalue weighted by Crippen LogP contribution is -2.46. The first-order valence-corrected chi connectivity index (χ1v) is 6.21. The normalized spacial score (nSPS) is 24.2. The Morgan fingerprint density at radius 3 is 2.39 bits per heavy atom. The molecule has 1 aromatic rings. The molecule has 18 heavy (non-hydrogen) atoms. The zero-order valence-corrected chi connectivity index (χ0v) is 11.0. The van der Waals surface area contributed by atoms with Crippen molar-refractivity contribution in [2.45, 2.75) is 33.0 Å². The second-order valence-electron chi connectivity index (χ2n) is 4.88. The van der Waals surface area contributed by atoms with E-state index in [-0.39, 0.29) is 12.2 Å². The maximum atomic E-state index is 9.17. The first kappa shape index (κ1) is 13.3. The Morgan fingerprint density at radius 1 is 1.28 bits per heavy atom. The molecule has 98 valence electrons. The number of pyridine rings is 1. The molecule has 1 fully saturated rings. The number of morpholine rings is 1. The van der Waals surface area contributed by atoms with Crippen LogP contribution in [0.1, 0.15) is 19.5 Å². The number of hydrogen-bond acceptors (Lipinski definition) is 5. The second kappa shape index (κ2) is 5.26. The third-order valence-corrected chi connectivity index (χ3v) is 3.13. The molecule has 1 saturated heterocycles. The van der Waals surface area contributed by atoms with Gasteiger partial charge in [0.25, 0.3) is 0 Å². The highest BCUT2D eigenvalue weighted by molar-refractivity contribution is 6.59. The molecule has 0 unspecified atom stereocenters. The highest BCUT2D eigenvalue weighted by atomic mass is 16.5. The fourth-order valence-corrected chi connectivity index (χ4v) is 2.37. The van der Waals surface area contributed by atoms with Crippen molar-refractivity contribution in [1.82, 2.24) is 4.98 Å². The molecular weight excluding hydrogens is 231 g/mol. The molecule has 0 aliphatic carbocycles. The van der Waals surface area contributed by atoms with E-state index in [1.165, 1.54) is 0 Å². The summed E-state index contributed by atoms with van der Waals surface area (Å²) < 4.78 is 5.68. The van der Waals surface area contributed by atoms with Gasteiger partial charge in [-0.1, -0.05) is 6.07 Å². The third-order valence-electron chi connectivity index (χ3n) is 3.13. The molecule has 0 radical (unpaired) electrons. The van der Waals surface area contributed by atoms with Gasteiger partial charge in [-0.2, -0.15) is 0 Å². The van der Waals surface area contributed by atoms with E-state index in [1.54, 1.807) is 13.0 Å². The van der Waals surface area contributed by atoms with Gasteiger partial charge in [0.05, 0.1) is 12.2 Å². The summed E-state index contributed by atoms with van der Waals surface area (Å²) in [6.07, 6.45) is 0.359. The van der Waals surface area contributed by atoms with Crippen LogP contribution in [0.5, 0.6) is 0 Å². The van der Waals surface area contributed by atoms with Gasteiger partial charge in [0.2, 0.25) is 0 Å². The fourth-order valence-electron chi connectivity index (χ4n) is 2.37. The van der Waals surface area contributed by atoms with Crippen LogP contribution in [-0.4, -0.2) is 47.4 Å². The quantitative estimate of drug-likeness (QED) is 0.704. The van der Waals surface area contributed by atoms with E-state index >= 15 is 0 Å². The van der Waals surface area contributed by atoms with E-state index in [0.29, 0.717) is 11.2 Å². The van der Waals surface area contributed by atoms with Gasteiger partial charge in [0.15, 0.2) is 0 Å². The predicted octanol–water partition coefficient (Wildman–Crippen LogP) is -0.317. The topological polar surface area (TPSA) is 65.8 Å². The maximum Gasteiger partial charge on any atom is 0.490 e. The van der Waals surface area contributed by atoms with Gasteiger partial charge >= 0.3 is 7.12 Å². The maximum absolute atomic E-state index is 9.17. The average molecular weight is 250 g/mol. The molecule has 2 rings (SSSR count). The van der Waals surface area contributed by atoms with Crippen molar-refractivity contribution >= 4 is 18.4 Å². The van der Waals surface area contributed by atoms with Crippen molar-refractivity contribution in [3.05, 3.63) is 17.8 Å². The number of nitrogens with zero attached hydrogens (tertiary/aromatic N) is 2. The number of hydrogen-bond donors (Lipinski definition) is 2. The standard InChI is InChI=1S/C12H19BN2O3/c1-8-6-15(7-9(2)18-8)12-5-4-11(13(16)17)10(3)14-12/h4-5,8-9,16-17H,6-7H2,1-3H3/t8-,9+. The monoisotopic (exact) mass is 250 g/mol. The van der Waals surface area contributed by atoms with Crippen LogP contribution >= 0.6 is 0 Å². The average Bonchev–Trinajstić information content (AvgIpc) is 2.26. The van der Waals surface area contributed by atoms with Gasteiger partial charge in [-0.3, -0.25) is 0 Å². The van der Waals surface area contributed by atoms with Gasteiger partial charge in [-0.25, -0.2) is 4.98 Å². The van der Waals surface area contributed by atoms with E-state index < -0.39 is 7.12 Å². The summed E-state index contributed by atoms with van der Waals surface area (Å²) >= 11 is 0. The third kappa shape index (κ3) is 2.83. The van der Waals surface area contributed by atoms with Crippen molar-refractivity contribution in [2.75, 3.05) is 18.0 Å². The summed E-state index contributed by atoms with van der Waals surface area (Å²) in [7, 11) is -1.46. The summed E-state index contributed by atoms with van der Waals surface area (Å²) in [5.74, 6) is 0.860. The van der Waals surface area contributed by atoms with E-state index in [0.717, 1.165) is 18.9 Å². The van der Waals surface area contributed by atoms with Crippen molar-refractivity contribution in [3.8, 4) is 0 Å². The van der Waals surface area contributed by atoms with Crippen molar-refractivity contribution in [3.63, 3.8) is 0 Å². The summed E-state index contributed by atoms with van der Waals surface area (Å²) in [5, 5.41) is 18.3. The minimum absolute atomic E-state index is 0.180. The summed E-state index contributed by atoms with van der Waals surface area (Å²) in [6, 6.07) is 3.54. The molecule has 1 aromatic heterocycles. The Hall–Kier alpha value is -1.11. The second-order valence-corrected chi connectivity index (χ2v) is 4.88. The number of anilines is 1. The molecule has 2 heterocycles. The zero-order valence-electron chi connectivity index (χ0n) is 11.0. The lowest BCUT2D eigenvalue weighted by Gasteiger charge is -2.36. The molecule has 0 amide bonds. The van der Waals surface area contributed by atoms with Crippen LogP contribution in [-0.2, 0) is 4.74 Å².